The monoisotopic (exact) mass is 595 g/mol. The second-order valence-electron chi connectivity index (χ2n) is 10.4. The summed E-state index contributed by atoms with van der Waals surface area (Å²) >= 11 is 0. The third-order valence-electron chi connectivity index (χ3n) is 8.00. The number of methoxy groups -OCH3 is 2. The zero-order chi connectivity index (χ0) is 31.3. The summed E-state index contributed by atoms with van der Waals surface area (Å²) in [7, 11) is 3.09. The third-order valence-corrected chi connectivity index (χ3v) is 8.00. The van der Waals surface area contributed by atoms with Gasteiger partial charge in [0, 0.05) is 23.7 Å². The Balaban J connectivity index is 1.69. The molecule has 226 valence electrons. The highest BCUT2D eigenvalue weighted by Gasteiger charge is 2.54. The number of allylic oxidation sites excluding steroid dienone is 1. The molecule has 0 bridgehead atoms. The molecule has 10 nitrogen and oxygen atoms in total. The largest absolute Gasteiger partial charge is 0.496 e. The molecule has 0 aliphatic carbocycles. The number of benzene rings is 3. The Labute approximate surface area is 254 Å². The maximum Gasteiger partial charge on any atom is 0.330 e. The molecule has 10 heteroatoms. The highest BCUT2D eigenvalue weighted by Crippen LogP contribution is 2.51. The smallest absolute Gasteiger partial charge is 0.330 e. The van der Waals surface area contributed by atoms with Crippen molar-refractivity contribution in [2.75, 3.05) is 14.2 Å². The van der Waals surface area contributed by atoms with Gasteiger partial charge in [0.2, 0.25) is 0 Å². The minimum Gasteiger partial charge on any atom is -0.496 e. The van der Waals surface area contributed by atoms with Gasteiger partial charge in [0.1, 0.15) is 29.9 Å². The van der Waals surface area contributed by atoms with E-state index in [1.165, 1.54) is 22.9 Å². The minimum atomic E-state index is -1.44. The van der Waals surface area contributed by atoms with Crippen molar-refractivity contribution in [1.29, 1.82) is 5.26 Å². The number of hydrogen-bond donors (Lipinski definition) is 3. The Morgan fingerprint density at radius 3 is 2.20 bits per heavy atom. The van der Waals surface area contributed by atoms with Crippen LogP contribution >= 0.6 is 0 Å². The summed E-state index contributed by atoms with van der Waals surface area (Å²) < 4.78 is 19.1. The molecule has 1 aliphatic rings. The highest BCUT2D eigenvalue weighted by molar-refractivity contribution is 5.60. The first-order chi connectivity index (χ1) is 21.4. The number of para-hydroxylation sites is 2. The van der Waals surface area contributed by atoms with Crippen molar-refractivity contribution in [1.82, 2.24) is 9.55 Å². The molecular weight excluding hydrogens is 562 g/mol. The van der Waals surface area contributed by atoms with E-state index in [4.69, 9.17) is 19.5 Å². The number of hydrogen-bond acceptors (Lipinski definition) is 8. The Morgan fingerprint density at radius 1 is 1.02 bits per heavy atom. The van der Waals surface area contributed by atoms with E-state index >= 15 is 0 Å². The van der Waals surface area contributed by atoms with Crippen LogP contribution in [-0.2, 0) is 10.2 Å². The maximum atomic E-state index is 12.9. The molecule has 1 saturated heterocycles. The number of aromatic nitrogens is 2. The lowest BCUT2D eigenvalue weighted by atomic mass is 9.63. The van der Waals surface area contributed by atoms with E-state index in [-0.39, 0.29) is 18.4 Å². The molecular formula is C34H33N3O7. The van der Waals surface area contributed by atoms with E-state index in [9.17, 15) is 19.8 Å². The third kappa shape index (κ3) is 5.44. The van der Waals surface area contributed by atoms with E-state index in [2.05, 4.69) is 4.98 Å². The lowest BCUT2D eigenvalue weighted by Crippen LogP contribution is -2.51. The van der Waals surface area contributed by atoms with Crippen LogP contribution in [0.3, 0.4) is 0 Å². The number of aromatic amines is 1. The van der Waals surface area contributed by atoms with Crippen molar-refractivity contribution >= 4 is 6.08 Å². The molecule has 1 unspecified atom stereocenters. The SMILES string of the molecule is COc1ccccc1C(c1ccccc1)(c1ccccc1OC)C(O)[C@H]1O[C@@H](n2cc(/C=C/CC#N)c(=O)[nH]c2=O)C[C@@H]1O. The molecule has 0 radical (unpaired) electrons. The molecule has 0 saturated carbocycles. The Hall–Kier alpha value is -4.95. The van der Waals surface area contributed by atoms with E-state index in [1.807, 2.05) is 72.8 Å². The van der Waals surface area contributed by atoms with Crippen LogP contribution in [0.4, 0.5) is 0 Å². The van der Waals surface area contributed by atoms with Gasteiger partial charge in [-0.2, -0.15) is 5.26 Å². The van der Waals surface area contributed by atoms with Crippen molar-refractivity contribution < 1.29 is 24.4 Å². The highest BCUT2D eigenvalue weighted by atomic mass is 16.5. The van der Waals surface area contributed by atoms with Gasteiger partial charge in [0.05, 0.1) is 43.8 Å². The second-order valence-corrected chi connectivity index (χ2v) is 10.4. The van der Waals surface area contributed by atoms with Crippen molar-refractivity contribution in [3.63, 3.8) is 0 Å². The van der Waals surface area contributed by atoms with Crippen molar-refractivity contribution in [3.8, 4) is 17.6 Å². The fourth-order valence-corrected chi connectivity index (χ4v) is 6.04. The summed E-state index contributed by atoms with van der Waals surface area (Å²) in [5, 5.41) is 32.9. The number of aliphatic hydroxyl groups is 2. The van der Waals surface area contributed by atoms with Crippen LogP contribution < -0.4 is 20.7 Å². The average Bonchev–Trinajstić information content (AvgIpc) is 3.44. The van der Waals surface area contributed by atoms with E-state index in [0.29, 0.717) is 28.2 Å². The Bertz CT molecular complexity index is 1740. The van der Waals surface area contributed by atoms with E-state index in [0.717, 1.165) is 0 Å². The van der Waals surface area contributed by atoms with Crippen LogP contribution in [0.5, 0.6) is 11.5 Å². The minimum absolute atomic E-state index is 0.0439. The van der Waals surface area contributed by atoms with Gasteiger partial charge in [-0.3, -0.25) is 14.3 Å². The normalized spacial score (nSPS) is 19.0. The number of aliphatic hydroxyl groups excluding tert-OH is 2. The van der Waals surface area contributed by atoms with Gasteiger partial charge in [-0.05, 0) is 17.7 Å². The number of nitrogens with one attached hydrogen (secondary N) is 1. The average molecular weight is 596 g/mol. The van der Waals surface area contributed by atoms with Gasteiger partial charge in [-0.25, -0.2) is 4.79 Å². The fraction of sp³-hybridized carbons (Fsp3) is 0.265. The van der Waals surface area contributed by atoms with Crippen LogP contribution in [0.2, 0.25) is 0 Å². The van der Waals surface area contributed by atoms with Gasteiger partial charge < -0.3 is 24.4 Å². The van der Waals surface area contributed by atoms with Gasteiger partial charge >= 0.3 is 5.69 Å². The lowest BCUT2D eigenvalue weighted by molar-refractivity contribution is -0.0980. The second kappa shape index (κ2) is 13.1. The predicted molar refractivity (Wildman–Crippen MR) is 163 cm³/mol. The molecule has 1 aliphatic heterocycles. The molecule has 44 heavy (non-hydrogen) atoms. The Kier molecular flexibility index (Phi) is 9.11. The van der Waals surface area contributed by atoms with Crippen LogP contribution in [0.1, 0.15) is 41.3 Å². The van der Waals surface area contributed by atoms with Gasteiger partial charge in [0.15, 0.2) is 0 Å². The van der Waals surface area contributed by atoms with Crippen LogP contribution in [-0.4, -0.2) is 52.3 Å². The number of ether oxygens (including phenoxy) is 3. The van der Waals surface area contributed by atoms with Gasteiger partial charge in [-0.15, -0.1) is 0 Å². The van der Waals surface area contributed by atoms with Crippen LogP contribution in [0.25, 0.3) is 6.08 Å². The number of H-pyrrole nitrogens is 1. The summed E-state index contributed by atoms with van der Waals surface area (Å²) in [6, 6.07) is 26.0. The predicted octanol–water partition coefficient (Wildman–Crippen LogP) is 3.52. The maximum absolute atomic E-state index is 12.9. The number of rotatable bonds is 10. The van der Waals surface area contributed by atoms with Crippen molar-refractivity contribution in [2.24, 2.45) is 0 Å². The quantitative estimate of drug-likeness (QED) is 0.236. The molecule has 1 aromatic heterocycles. The van der Waals surface area contributed by atoms with E-state index in [1.54, 1.807) is 26.4 Å². The summed E-state index contributed by atoms with van der Waals surface area (Å²) in [5.74, 6) is 0.993. The molecule has 0 spiro atoms. The fourth-order valence-electron chi connectivity index (χ4n) is 6.04. The molecule has 4 atom stereocenters. The van der Waals surface area contributed by atoms with Crippen LogP contribution in [0.15, 0.2) is 101 Å². The van der Waals surface area contributed by atoms with Gasteiger partial charge in [0.25, 0.3) is 5.56 Å². The van der Waals surface area contributed by atoms with Gasteiger partial charge in [-0.1, -0.05) is 78.9 Å². The molecule has 3 N–H and O–H groups in total. The first-order valence-corrected chi connectivity index (χ1v) is 14.1. The van der Waals surface area contributed by atoms with Crippen molar-refractivity contribution in [3.05, 3.63) is 134 Å². The molecule has 4 aromatic rings. The Morgan fingerprint density at radius 2 is 1.61 bits per heavy atom. The summed E-state index contributed by atoms with van der Waals surface area (Å²) in [6.07, 6.45) is -0.551. The first kappa shape index (κ1) is 30.5. The van der Waals surface area contributed by atoms with E-state index < -0.39 is 41.2 Å². The molecule has 0 amide bonds. The molecule has 2 heterocycles. The first-order valence-electron chi connectivity index (χ1n) is 14.1. The number of nitriles is 1. The summed E-state index contributed by atoms with van der Waals surface area (Å²) in [5.41, 5.74) is -0.695. The zero-order valence-corrected chi connectivity index (χ0v) is 24.3. The number of nitrogens with zero attached hydrogens (tertiary/aromatic N) is 2. The molecule has 1 fully saturated rings. The zero-order valence-electron chi connectivity index (χ0n) is 24.3. The van der Waals surface area contributed by atoms with Crippen LogP contribution in [0, 0.1) is 11.3 Å². The standard InChI is InChI=1S/C34H33N3O7/c1-42-27-17-8-6-15-24(27)34(23-13-4-3-5-14-23,25-16-7-9-18-28(25)43-2)31(39)30-26(38)20-29(44-30)37-21-22(12-10-11-19-35)32(40)36-33(37)41/h3-10,12-18,21,26,29-31,38-39H,11,20H2,1-2H3,(H,36,40,41)/b12-10+/t26-,29+,30-,31?/m0/s1. The summed E-state index contributed by atoms with van der Waals surface area (Å²) in [6.45, 7) is 0. The topological polar surface area (TPSA) is 147 Å². The summed E-state index contributed by atoms with van der Waals surface area (Å²) in [4.78, 5) is 27.6. The molecule has 5 rings (SSSR count). The molecule has 3 aromatic carbocycles. The van der Waals surface area contributed by atoms with Crippen molar-refractivity contribution in [2.45, 2.75) is 42.8 Å². The lowest BCUT2D eigenvalue weighted by Gasteiger charge is -2.43.